The van der Waals surface area contributed by atoms with E-state index in [1.807, 2.05) is 24.3 Å². The summed E-state index contributed by atoms with van der Waals surface area (Å²) >= 11 is 6.23. The Balaban J connectivity index is 1.96. The van der Waals surface area contributed by atoms with Crippen molar-refractivity contribution >= 4 is 11.6 Å². The van der Waals surface area contributed by atoms with Gasteiger partial charge in [0.2, 0.25) is 0 Å². The number of halogens is 1. The van der Waals surface area contributed by atoms with Gasteiger partial charge in [0.05, 0.1) is 6.61 Å². The maximum absolute atomic E-state index is 6.23. The van der Waals surface area contributed by atoms with Crippen molar-refractivity contribution in [2.24, 2.45) is 0 Å². The highest BCUT2D eigenvalue weighted by Gasteiger charge is 2.18. The summed E-state index contributed by atoms with van der Waals surface area (Å²) in [6.07, 6.45) is 3.13. The van der Waals surface area contributed by atoms with Gasteiger partial charge in [0.25, 0.3) is 0 Å². The molecular weight excluding hydrogens is 260 g/mol. The lowest BCUT2D eigenvalue weighted by molar-refractivity contribution is 0.185. The lowest BCUT2D eigenvalue weighted by Gasteiger charge is -2.06. The molecule has 0 fully saturated rings. The van der Waals surface area contributed by atoms with Crippen molar-refractivity contribution in [3.8, 4) is 11.4 Å². The average molecular weight is 275 g/mol. The third-order valence-corrected chi connectivity index (χ3v) is 3.72. The summed E-state index contributed by atoms with van der Waals surface area (Å²) in [4.78, 5) is 9.05. The van der Waals surface area contributed by atoms with Crippen LogP contribution in [0, 0.1) is 0 Å². The smallest absolute Gasteiger partial charge is 0.161 e. The zero-order chi connectivity index (χ0) is 13.2. The van der Waals surface area contributed by atoms with Crippen LogP contribution in [0.15, 0.2) is 24.3 Å². The quantitative estimate of drug-likeness (QED) is 0.805. The van der Waals surface area contributed by atoms with E-state index in [0.29, 0.717) is 11.8 Å². The van der Waals surface area contributed by atoms with Gasteiger partial charge in [-0.25, -0.2) is 9.97 Å². The molecule has 0 saturated carbocycles. The van der Waals surface area contributed by atoms with Crippen LogP contribution in [0.4, 0.5) is 0 Å². The summed E-state index contributed by atoms with van der Waals surface area (Å²) < 4.78 is 5.10. The van der Waals surface area contributed by atoms with Gasteiger partial charge in [-0.05, 0) is 24.8 Å². The summed E-state index contributed by atoms with van der Waals surface area (Å²) in [6, 6.07) is 8.09. The first-order valence-electron chi connectivity index (χ1n) is 6.41. The van der Waals surface area contributed by atoms with E-state index in [1.54, 1.807) is 7.11 Å². The van der Waals surface area contributed by atoms with Crippen molar-refractivity contribution in [3.63, 3.8) is 0 Å². The molecule has 0 saturated heterocycles. The zero-order valence-electron chi connectivity index (χ0n) is 10.8. The highest BCUT2D eigenvalue weighted by Crippen LogP contribution is 2.28. The van der Waals surface area contributed by atoms with E-state index < -0.39 is 0 Å². The van der Waals surface area contributed by atoms with E-state index in [1.165, 1.54) is 0 Å². The van der Waals surface area contributed by atoms with Crippen LogP contribution in [0.5, 0.6) is 0 Å². The Labute approximate surface area is 117 Å². The molecule has 0 radical (unpaired) electrons. The third kappa shape index (κ3) is 2.48. The maximum atomic E-state index is 6.23. The fraction of sp³-hybridized carbons (Fsp3) is 0.333. The van der Waals surface area contributed by atoms with E-state index in [2.05, 4.69) is 9.97 Å². The molecule has 0 bridgehead atoms. The molecule has 1 aliphatic carbocycles. The van der Waals surface area contributed by atoms with Gasteiger partial charge in [0.1, 0.15) is 5.15 Å². The molecule has 3 rings (SSSR count). The number of ether oxygens (including phenoxy) is 1. The van der Waals surface area contributed by atoms with Gasteiger partial charge in [-0.1, -0.05) is 35.9 Å². The maximum Gasteiger partial charge on any atom is 0.161 e. The second kappa shape index (κ2) is 5.27. The molecule has 19 heavy (non-hydrogen) atoms. The van der Waals surface area contributed by atoms with E-state index in [4.69, 9.17) is 16.3 Å². The third-order valence-electron chi connectivity index (χ3n) is 3.41. The minimum atomic E-state index is 0.610. The molecule has 1 aromatic heterocycles. The number of benzene rings is 1. The van der Waals surface area contributed by atoms with Crippen LogP contribution in [0.2, 0.25) is 5.15 Å². The number of fused-ring (bicyclic) bond motifs is 1. The molecule has 0 unspecified atom stereocenters. The number of hydrogen-bond donors (Lipinski definition) is 0. The summed E-state index contributed by atoms with van der Waals surface area (Å²) in [5.74, 6) is 0.717. The van der Waals surface area contributed by atoms with E-state index in [9.17, 15) is 0 Å². The summed E-state index contributed by atoms with van der Waals surface area (Å²) in [6.45, 7) is 0.617. The highest BCUT2D eigenvalue weighted by molar-refractivity contribution is 6.30. The van der Waals surface area contributed by atoms with Crippen LogP contribution in [-0.4, -0.2) is 17.1 Å². The van der Waals surface area contributed by atoms with Gasteiger partial charge in [-0.3, -0.25) is 0 Å². The Morgan fingerprint density at radius 2 is 1.95 bits per heavy atom. The van der Waals surface area contributed by atoms with Crippen LogP contribution >= 0.6 is 11.6 Å². The monoisotopic (exact) mass is 274 g/mol. The summed E-state index contributed by atoms with van der Waals surface area (Å²) in [5, 5.41) is 0.610. The van der Waals surface area contributed by atoms with Crippen molar-refractivity contribution in [1.82, 2.24) is 9.97 Å². The van der Waals surface area contributed by atoms with Crippen molar-refractivity contribution < 1.29 is 4.74 Å². The Morgan fingerprint density at radius 1 is 1.16 bits per heavy atom. The number of hydrogen-bond acceptors (Lipinski definition) is 3. The molecule has 1 aromatic carbocycles. The first kappa shape index (κ1) is 12.6. The van der Waals surface area contributed by atoms with Crippen molar-refractivity contribution in [2.45, 2.75) is 25.9 Å². The van der Waals surface area contributed by atoms with Gasteiger partial charge >= 0.3 is 0 Å². The molecule has 0 amide bonds. The lowest BCUT2D eigenvalue weighted by atomic mass is 10.1. The second-order valence-electron chi connectivity index (χ2n) is 4.75. The fourth-order valence-electron chi connectivity index (χ4n) is 2.43. The average Bonchev–Trinajstić information content (AvgIpc) is 2.89. The minimum absolute atomic E-state index is 0.610. The first-order chi connectivity index (χ1) is 9.28. The Morgan fingerprint density at radius 3 is 2.68 bits per heavy atom. The van der Waals surface area contributed by atoms with Crippen molar-refractivity contribution in [1.29, 1.82) is 0 Å². The topological polar surface area (TPSA) is 35.0 Å². The molecule has 0 atom stereocenters. The van der Waals surface area contributed by atoms with Crippen LogP contribution in [0.25, 0.3) is 11.4 Å². The molecule has 1 aliphatic rings. The summed E-state index contributed by atoms with van der Waals surface area (Å²) in [5.41, 5.74) is 4.37. The molecule has 4 heteroatoms. The normalized spacial score (nSPS) is 13.6. The fourth-order valence-corrected chi connectivity index (χ4v) is 2.72. The molecule has 1 heterocycles. The van der Waals surface area contributed by atoms with E-state index in [-0.39, 0.29) is 0 Å². The first-order valence-corrected chi connectivity index (χ1v) is 6.79. The van der Waals surface area contributed by atoms with Crippen LogP contribution in [-0.2, 0) is 24.2 Å². The van der Waals surface area contributed by atoms with E-state index >= 15 is 0 Å². The largest absolute Gasteiger partial charge is 0.380 e. The number of rotatable bonds is 3. The summed E-state index contributed by atoms with van der Waals surface area (Å²) in [7, 11) is 1.69. The molecular formula is C15H15ClN2O. The Kier molecular flexibility index (Phi) is 3.49. The molecule has 0 spiro atoms. The van der Waals surface area contributed by atoms with E-state index in [0.717, 1.165) is 47.5 Å². The predicted octanol–water partition coefficient (Wildman–Crippen LogP) is 3.43. The number of methoxy groups -OCH3 is 1. The SMILES string of the molecule is COCc1ccc(-c2nc(Cl)c3c(n2)CCC3)cc1. The number of aryl methyl sites for hydroxylation is 1. The molecule has 0 aliphatic heterocycles. The molecule has 0 N–H and O–H groups in total. The van der Waals surface area contributed by atoms with Gasteiger partial charge < -0.3 is 4.74 Å². The Hall–Kier alpha value is -1.45. The Bertz CT molecular complexity index is 596. The number of aromatic nitrogens is 2. The van der Waals surface area contributed by atoms with Gasteiger partial charge in [-0.2, -0.15) is 0 Å². The second-order valence-corrected chi connectivity index (χ2v) is 5.10. The lowest BCUT2D eigenvalue weighted by Crippen LogP contribution is -1.97. The standard InChI is InChI=1S/C15H15ClN2O/c1-19-9-10-5-7-11(8-6-10)15-17-13-4-2-3-12(13)14(16)18-15/h5-8H,2-4,9H2,1H3. The minimum Gasteiger partial charge on any atom is -0.380 e. The van der Waals surface area contributed by atoms with Gasteiger partial charge in [0.15, 0.2) is 5.82 Å². The van der Waals surface area contributed by atoms with Crippen LogP contribution < -0.4 is 0 Å². The zero-order valence-corrected chi connectivity index (χ0v) is 11.6. The van der Waals surface area contributed by atoms with Crippen molar-refractivity contribution in [2.75, 3.05) is 7.11 Å². The van der Waals surface area contributed by atoms with Crippen LogP contribution in [0.1, 0.15) is 23.2 Å². The van der Waals surface area contributed by atoms with Gasteiger partial charge in [-0.15, -0.1) is 0 Å². The van der Waals surface area contributed by atoms with Gasteiger partial charge in [0, 0.05) is 23.9 Å². The molecule has 3 nitrogen and oxygen atoms in total. The highest BCUT2D eigenvalue weighted by atomic mass is 35.5. The number of nitrogens with zero attached hydrogens (tertiary/aromatic N) is 2. The molecule has 98 valence electrons. The molecule has 2 aromatic rings. The van der Waals surface area contributed by atoms with Crippen LogP contribution in [0.3, 0.4) is 0 Å². The van der Waals surface area contributed by atoms with Crippen molar-refractivity contribution in [3.05, 3.63) is 46.2 Å². The predicted molar refractivity (Wildman–Crippen MR) is 75.2 cm³/mol.